The molecule has 28 heavy (non-hydrogen) atoms. The van der Waals surface area contributed by atoms with Gasteiger partial charge in [0.25, 0.3) is 5.91 Å². The summed E-state index contributed by atoms with van der Waals surface area (Å²) in [7, 11) is 0. The van der Waals surface area contributed by atoms with E-state index in [-0.39, 0.29) is 11.7 Å². The van der Waals surface area contributed by atoms with Gasteiger partial charge >= 0.3 is 5.97 Å². The summed E-state index contributed by atoms with van der Waals surface area (Å²) in [5.41, 5.74) is -1.48. The first-order chi connectivity index (χ1) is 13.1. The third-order valence-electron chi connectivity index (χ3n) is 3.27. The molecule has 0 atom stereocenters. The summed E-state index contributed by atoms with van der Waals surface area (Å²) in [6, 6.07) is 5.71. The van der Waals surface area contributed by atoms with E-state index in [0.29, 0.717) is 5.75 Å². The summed E-state index contributed by atoms with van der Waals surface area (Å²) >= 11 is 0. The fourth-order valence-electron chi connectivity index (χ4n) is 2.05. The molecule has 1 amide bonds. The summed E-state index contributed by atoms with van der Waals surface area (Å²) < 4.78 is 76.2. The van der Waals surface area contributed by atoms with Gasteiger partial charge in [0.2, 0.25) is 5.82 Å². The average Bonchev–Trinajstić information content (AvgIpc) is 2.66. The lowest BCUT2D eigenvalue weighted by atomic mass is 10.2. The third-order valence-corrected chi connectivity index (χ3v) is 3.27. The molecule has 2 aromatic carbocycles. The van der Waals surface area contributed by atoms with Crippen LogP contribution in [0.1, 0.15) is 24.2 Å². The van der Waals surface area contributed by atoms with Crippen molar-refractivity contribution >= 4 is 17.6 Å². The van der Waals surface area contributed by atoms with Gasteiger partial charge in [-0.05, 0) is 38.1 Å². The maximum absolute atomic E-state index is 13.5. The first-order valence-corrected chi connectivity index (χ1v) is 7.87. The van der Waals surface area contributed by atoms with E-state index >= 15 is 0 Å². The van der Waals surface area contributed by atoms with Gasteiger partial charge in [0.05, 0.1) is 11.7 Å². The largest absolute Gasteiger partial charge is 0.491 e. The van der Waals surface area contributed by atoms with Gasteiger partial charge in [0, 0.05) is 0 Å². The Morgan fingerprint density at radius 3 is 1.89 bits per heavy atom. The zero-order valence-corrected chi connectivity index (χ0v) is 14.6. The third kappa shape index (κ3) is 4.76. The van der Waals surface area contributed by atoms with Crippen LogP contribution < -0.4 is 10.1 Å². The quantitative estimate of drug-likeness (QED) is 0.343. The molecule has 0 aromatic heterocycles. The highest BCUT2D eigenvalue weighted by Gasteiger charge is 2.27. The summed E-state index contributed by atoms with van der Waals surface area (Å²) in [5.74, 6) is -12.9. The first-order valence-electron chi connectivity index (χ1n) is 7.87. The lowest BCUT2D eigenvalue weighted by Gasteiger charge is -2.11. The Morgan fingerprint density at radius 1 is 0.893 bits per heavy atom. The number of rotatable bonds is 6. The number of esters is 1. The van der Waals surface area contributed by atoms with E-state index in [1.165, 1.54) is 29.6 Å². The molecule has 10 heteroatoms. The lowest BCUT2D eigenvalue weighted by molar-refractivity contribution is -0.119. The van der Waals surface area contributed by atoms with E-state index in [2.05, 4.69) is 4.74 Å². The van der Waals surface area contributed by atoms with Gasteiger partial charge < -0.3 is 14.8 Å². The maximum atomic E-state index is 13.5. The molecule has 2 rings (SSSR count). The molecule has 1 N–H and O–H groups in total. The number of hydrogen-bond donors (Lipinski definition) is 1. The highest BCUT2D eigenvalue weighted by atomic mass is 19.2. The Hall–Kier alpha value is -3.17. The molecule has 0 heterocycles. The predicted octanol–water partition coefficient (Wildman–Crippen LogP) is 3.96. The van der Waals surface area contributed by atoms with E-state index in [9.17, 15) is 31.5 Å². The number of amides is 1. The van der Waals surface area contributed by atoms with Gasteiger partial charge in [0.15, 0.2) is 29.9 Å². The van der Waals surface area contributed by atoms with Crippen LogP contribution in [0.2, 0.25) is 0 Å². The van der Waals surface area contributed by atoms with Crippen molar-refractivity contribution in [3.8, 4) is 5.75 Å². The van der Waals surface area contributed by atoms with Crippen LogP contribution in [0.4, 0.5) is 27.6 Å². The van der Waals surface area contributed by atoms with Crippen molar-refractivity contribution in [3.63, 3.8) is 0 Å². The Balaban J connectivity index is 2.00. The molecular weight excluding hydrogens is 389 g/mol. The van der Waals surface area contributed by atoms with E-state index in [1.54, 1.807) is 0 Å². The van der Waals surface area contributed by atoms with E-state index in [1.807, 2.05) is 13.8 Å². The van der Waals surface area contributed by atoms with E-state index in [4.69, 9.17) is 4.74 Å². The van der Waals surface area contributed by atoms with Crippen LogP contribution >= 0.6 is 0 Å². The zero-order valence-electron chi connectivity index (χ0n) is 14.6. The lowest BCUT2D eigenvalue weighted by Crippen LogP contribution is -2.23. The molecule has 0 fully saturated rings. The summed E-state index contributed by atoms with van der Waals surface area (Å²) in [5, 5.41) is 1.49. The molecule has 0 radical (unpaired) electrons. The molecule has 0 aliphatic heterocycles. The van der Waals surface area contributed by atoms with Crippen molar-refractivity contribution in [2.75, 3.05) is 11.9 Å². The van der Waals surface area contributed by atoms with Crippen molar-refractivity contribution in [2.45, 2.75) is 20.0 Å². The van der Waals surface area contributed by atoms with Crippen molar-refractivity contribution in [2.24, 2.45) is 0 Å². The minimum Gasteiger partial charge on any atom is -0.491 e. The van der Waals surface area contributed by atoms with Gasteiger partial charge in [-0.1, -0.05) is 0 Å². The van der Waals surface area contributed by atoms with Crippen molar-refractivity contribution in [3.05, 3.63) is 58.9 Å². The van der Waals surface area contributed by atoms with Crippen LogP contribution in [0, 0.1) is 29.1 Å². The molecule has 0 saturated carbocycles. The van der Waals surface area contributed by atoms with E-state index < -0.39 is 53.3 Å². The van der Waals surface area contributed by atoms with Crippen LogP contribution in [0.3, 0.4) is 0 Å². The van der Waals surface area contributed by atoms with Crippen molar-refractivity contribution < 1.29 is 41.0 Å². The number of hydrogen-bond acceptors (Lipinski definition) is 4. The Labute approximate surface area is 156 Å². The van der Waals surface area contributed by atoms with Crippen LogP contribution in [0.15, 0.2) is 24.3 Å². The minimum absolute atomic E-state index is 0.0557. The highest BCUT2D eigenvalue weighted by molar-refractivity contribution is 5.95. The van der Waals surface area contributed by atoms with Crippen molar-refractivity contribution in [1.82, 2.24) is 0 Å². The van der Waals surface area contributed by atoms with Crippen molar-refractivity contribution in [1.29, 1.82) is 0 Å². The molecule has 0 bridgehead atoms. The minimum atomic E-state index is -2.36. The summed E-state index contributed by atoms with van der Waals surface area (Å²) in [6.07, 6.45) is -0.0802. The van der Waals surface area contributed by atoms with Gasteiger partial charge in [-0.2, -0.15) is 0 Å². The number of benzene rings is 2. The number of nitrogens with one attached hydrogen (secondary N) is 1. The maximum Gasteiger partial charge on any atom is 0.338 e. The second-order valence-corrected chi connectivity index (χ2v) is 5.76. The molecule has 0 spiro atoms. The predicted molar refractivity (Wildman–Crippen MR) is 87.4 cm³/mol. The number of ether oxygens (including phenoxy) is 2. The monoisotopic (exact) mass is 403 g/mol. The standard InChI is InChI=1S/C18H14F5NO4/c1-8(2)28-10-5-3-9(4-6-10)18(26)27-7-11(25)24-17-15(22)13(20)12(19)14(21)16(17)23/h3-6,8H,7H2,1-2H3,(H,24,25). The molecule has 2 aromatic rings. The second kappa shape index (κ2) is 8.68. The normalized spacial score (nSPS) is 10.7. The van der Waals surface area contributed by atoms with Crippen LogP contribution in [0.5, 0.6) is 5.75 Å². The number of carbonyl (C=O) groups excluding carboxylic acids is 2. The van der Waals surface area contributed by atoms with Gasteiger partial charge in [0.1, 0.15) is 11.4 Å². The molecule has 0 aliphatic carbocycles. The Bertz CT molecular complexity index is 871. The molecular formula is C18H14F5NO4. The van der Waals surface area contributed by atoms with Gasteiger partial charge in [-0.25, -0.2) is 26.7 Å². The average molecular weight is 403 g/mol. The van der Waals surface area contributed by atoms with Crippen LogP contribution in [-0.2, 0) is 9.53 Å². The van der Waals surface area contributed by atoms with Crippen LogP contribution in [0.25, 0.3) is 0 Å². The molecule has 0 saturated heterocycles. The molecule has 0 aliphatic rings. The van der Waals surface area contributed by atoms with Gasteiger partial charge in [-0.3, -0.25) is 4.79 Å². The molecule has 0 unspecified atom stereocenters. The Morgan fingerprint density at radius 2 is 1.39 bits per heavy atom. The zero-order chi connectivity index (χ0) is 21.0. The summed E-state index contributed by atoms with van der Waals surface area (Å²) in [6.45, 7) is 2.61. The smallest absolute Gasteiger partial charge is 0.338 e. The van der Waals surface area contributed by atoms with Crippen LogP contribution in [-0.4, -0.2) is 24.6 Å². The number of halogens is 5. The SMILES string of the molecule is CC(C)Oc1ccc(C(=O)OCC(=O)Nc2c(F)c(F)c(F)c(F)c2F)cc1. The summed E-state index contributed by atoms with van der Waals surface area (Å²) in [4.78, 5) is 23.5. The topological polar surface area (TPSA) is 64.6 Å². The fourth-order valence-corrected chi connectivity index (χ4v) is 2.05. The molecule has 5 nitrogen and oxygen atoms in total. The van der Waals surface area contributed by atoms with Gasteiger partial charge in [-0.15, -0.1) is 0 Å². The Kier molecular flexibility index (Phi) is 6.55. The molecule has 150 valence electrons. The number of anilines is 1. The first kappa shape index (κ1) is 21.1. The number of carbonyl (C=O) groups is 2. The second-order valence-electron chi connectivity index (χ2n) is 5.76. The highest BCUT2D eigenvalue weighted by Crippen LogP contribution is 2.27. The fraction of sp³-hybridized carbons (Fsp3) is 0.222. The van der Waals surface area contributed by atoms with E-state index in [0.717, 1.165) is 0 Å².